The Balaban J connectivity index is 2.07. The molecule has 0 aliphatic carbocycles. The van der Waals surface area contributed by atoms with Crippen LogP contribution in [0.15, 0.2) is 35.2 Å². The molecular formula is C12H11F3N2S. The van der Waals surface area contributed by atoms with Crippen molar-refractivity contribution < 1.29 is 13.2 Å². The van der Waals surface area contributed by atoms with Crippen LogP contribution in [-0.2, 0) is 12.7 Å². The molecule has 0 aliphatic heterocycles. The van der Waals surface area contributed by atoms with Crippen molar-refractivity contribution in [1.82, 2.24) is 4.98 Å². The second-order valence-electron chi connectivity index (χ2n) is 3.90. The van der Waals surface area contributed by atoms with Crippen LogP contribution in [0.1, 0.15) is 11.1 Å². The average molecular weight is 272 g/mol. The minimum Gasteiger partial charge on any atom is -0.355 e. The van der Waals surface area contributed by atoms with Gasteiger partial charge in [-0.3, -0.25) is 0 Å². The highest BCUT2D eigenvalue weighted by Gasteiger charge is 2.29. The van der Waals surface area contributed by atoms with Crippen LogP contribution in [-0.4, -0.2) is 12.0 Å². The van der Waals surface area contributed by atoms with Crippen LogP contribution in [0.2, 0.25) is 0 Å². The second kappa shape index (κ2) is 4.97. The highest BCUT2D eigenvalue weighted by molar-refractivity contribution is 7.07. The van der Waals surface area contributed by atoms with Gasteiger partial charge in [-0.2, -0.15) is 13.2 Å². The maximum Gasteiger partial charge on any atom is 0.416 e. The molecule has 0 aliphatic rings. The lowest BCUT2D eigenvalue weighted by Crippen LogP contribution is -2.16. The summed E-state index contributed by atoms with van der Waals surface area (Å²) in [6.45, 7) is 0.530. The molecule has 0 bridgehead atoms. The predicted octanol–water partition coefficient (Wildman–Crippen LogP) is 3.80. The standard InChI is InChI=1S/C12H11F3N2S/c1-17(11-7-18-8-16-11)6-9-2-4-10(5-3-9)12(13,14)15/h2-5,7-8H,6H2,1H3. The van der Waals surface area contributed by atoms with Gasteiger partial charge in [-0.25, -0.2) is 4.98 Å². The normalized spacial score (nSPS) is 11.6. The van der Waals surface area contributed by atoms with Gasteiger partial charge < -0.3 is 4.90 Å². The van der Waals surface area contributed by atoms with E-state index in [0.29, 0.717) is 6.54 Å². The Kier molecular flexibility index (Phi) is 3.56. The van der Waals surface area contributed by atoms with Crippen molar-refractivity contribution in [2.45, 2.75) is 12.7 Å². The summed E-state index contributed by atoms with van der Waals surface area (Å²) in [6, 6.07) is 5.19. The van der Waals surface area contributed by atoms with Crippen LogP contribution >= 0.6 is 11.3 Å². The summed E-state index contributed by atoms with van der Waals surface area (Å²) in [5, 5.41) is 1.89. The molecule has 2 nitrogen and oxygen atoms in total. The molecule has 0 radical (unpaired) electrons. The predicted molar refractivity (Wildman–Crippen MR) is 65.7 cm³/mol. The third kappa shape index (κ3) is 3.01. The highest BCUT2D eigenvalue weighted by Crippen LogP contribution is 2.29. The molecule has 0 amide bonds. The fourth-order valence-electron chi connectivity index (χ4n) is 1.55. The quantitative estimate of drug-likeness (QED) is 0.845. The maximum atomic E-state index is 12.4. The molecule has 0 N–H and O–H groups in total. The van der Waals surface area contributed by atoms with Crippen molar-refractivity contribution in [2.75, 3.05) is 11.9 Å². The number of rotatable bonds is 3. The number of benzene rings is 1. The number of halogens is 3. The van der Waals surface area contributed by atoms with Crippen molar-refractivity contribution in [3.63, 3.8) is 0 Å². The van der Waals surface area contributed by atoms with Crippen molar-refractivity contribution in [3.05, 3.63) is 46.3 Å². The minimum atomic E-state index is -4.28. The summed E-state index contributed by atoms with van der Waals surface area (Å²) < 4.78 is 37.2. The summed E-state index contributed by atoms with van der Waals surface area (Å²) in [6.07, 6.45) is -4.28. The van der Waals surface area contributed by atoms with E-state index in [1.807, 2.05) is 17.3 Å². The molecule has 96 valence electrons. The molecule has 0 saturated carbocycles. The fraction of sp³-hybridized carbons (Fsp3) is 0.250. The Morgan fingerprint density at radius 2 is 1.89 bits per heavy atom. The third-order valence-corrected chi connectivity index (χ3v) is 3.09. The summed E-state index contributed by atoms with van der Waals surface area (Å²) in [5.74, 6) is 0.819. The van der Waals surface area contributed by atoms with Gasteiger partial charge in [0, 0.05) is 19.0 Å². The van der Waals surface area contributed by atoms with E-state index in [1.165, 1.54) is 23.5 Å². The Morgan fingerprint density at radius 3 is 2.39 bits per heavy atom. The smallest absolute Gasteiger partial charge is 0.355 e. The Morgan fingerprint density at radius 1 is 1.22 bits per heavy atom. The molecule has 2 aromatic rings. The van der Waals surface area contributed by atoms with Gasteiger partial charge >= 0.3 is 6.18 Å². The number of nitrogens with zero attached hydrogens (tertiary/aromatic N) is 2. The second-order valence-corrected chi connectivity index (χ2v) is 4.62. The van der Waals surface area contributed by atoms with Crippen LogP contribution in [0.4, 0.5) is 19.0 Å². The van der Waals surface area contributed by atoms with Crippen LogP contribution in [0, 0.1) is 0 Å². The van der Waals surface area contributed by atoms with E-state index in [0.717, 1.165) is 23.5 Å². The van der Waals surface area contributed by atoms with Gasteiger partial charge in [0.1, 0.15) is 5.82 Å². The summed E-state index contributed by atoms with van der Waals surface area (Å²) in [5.41, 5.74) is 1.92. The summed E-state index contributed by atoms with van der Waals surface area (Å²) >= 11 is 1.48. The van der Waals surface area contributed by atoms with Gasteiger partial charge in [0.05, 0.1) is 11.1 Å². The zero-order valence-electron chi connectivity index (χ0n) is 9.61. The molecular weight excluding hydrogens is 261 g/mol. The first-order valence-corrected chi connectivity index (χ1v) is 6.16. The van der Waals surface area contributed by atoms with Crippen LogP contribution in [0.25, 0.3) is 0 Å². The topological polar surface area (TPSA) is 16.1 Å². The number of aromatic nitrogens is 1. The Labute approximate surface area is 107 Å². The number of thiazole rings is 1. The number of hydrogen-bond donors (Lipinski definition) is 0. The van der Waals surface area contributed by atoms with Crippen LogP contribution < -0.4 is 4.90 Å². The zero-order valence-corrected chi connectivity index (χ0v) is 10.4. The van der Waals surface area contributed by atoms with E-state index in [4.69, 9.17) is 0 Å². The molecule has 1 aromatic carbocycles. The average Bonchev–Trinajstić information content (AvgIpc) is 2.82. The van der Waals surface area contributed by atoms with Crippen molar-refractivity contribution in [1.29, 1.82) is 0 Å². The zero-order chi connectivity index (χ0) is 13.2. The molecule has 6 heteroatoms. The molecule has 0 atom stereocenters. The first kappa shape index (κ1) is 12.9. The van der Waals surface area contributed by atoms with Crippen LogP contribution in [0.3, 0.4) is 0 Å². The molecule has 1 aromatic heterocycles. The first-order valence-electron chi connectivity index (χ1n) is 5.22. The molecule has 0 spiro atoms. The van der Waals surface area contributed by atoms with E-state index < -0.39 is 11.7 Å². The maximum absolute atomic E-state index is 12.4. The van der Waals surface area contributed by atoms with Gasteiger partial charge in [-0.15, -0.1) is 11.3 Å². The van der Waals surface area contributed by atoms with E-state index in [9.17, 15) is 13.2 Å². The minimum absolute atomic E-state index is 0.530. The van der Waals surface area contributed by atoms with E-state index in [1.54, 1.807) is 5.51 Å². The van der Waals surface area contributed by atoms with Gasteiger partial charge in [0.25, 0.3) is 0 Å². The molecule has 1 heterocycles. The monoisotopic (exact) mass is 272 g/mol. The Bertz CT molecular complexity index is 491. The molecule has 2 rings (SSSR count). The van der Waals surface area contributed by atoms with Gasteiger partial charge in [0.15, 0.2) is 0 Å². The molecule has 0 saturated heterocycles. The van der Waals surface area contributed by atoms with E-state index >= 15 is 0 Å². The van der Waals surface area contributed by atoms with Crippen molar-refractivity contribution in [2.24, 2.45) is 0 Å². The van der Waals surface area contributed by atoms with Crippen LogP contribution in [0.5, 0.6) is 0 Å². The van der Waals surface area contributed by atoms with Crippen molar-refractivity contribution >= 4 is 17.2 Å². The van der Waals surface area contributed by atoms with Gasteiger partial charge in [-0.05, 0) is 17.7 Å². The highest BCUT2D eigenvalue weighted by atomic mass is 32.1. The molecule has 0 fully saturated rings. The lowest BCUT2D eigenvalue weighted by atomic mass is 10.1. The molecule has 18 heavy (non-hydrogen) atoms. The lowest BCUT2D eigenvalue weighted by Gasteiger charge is -2.16. The Hall–Kier alpha value is -1.56. The largest absolute Gasteiger partial charge is 0.416 e. The number of hydrogen-bond acceptors (Lipinski definition) is 3. The van der Waals surface area contributed by atoms with E-state index in [2.05, 4.69) is 4.98 Å². The summed E-state index contributed by atoms with van der Waals surface area (Å²) in [4.78, 5) is 6.02. The van der Waals surface area contributed by atoms with E-state index in [-0.39, 0.29) is 0 Å². The SMILES string of the molecule is CN(Cc1ccc(C(F)(F)F)cc1)c1cscn1. The molecule has 0 unspecified atom stereocenters. The van der Waals surface area contributed by atoms with Crippen molar-refractivity contribution in [3.8, 4) is 0 Å². The lowest BCUT2D eigenvalue weighted by molar-refractivity contribution is -0.137. The van der Waals surface area contributed by atoms with Gasteiger partial charge in [-0.1, -0.05) is 12.1 Å². The van der Waals surface area contributed by atoms with Gasteiger partial charge in [0.2, 0.25) is 0 Å². The number of alkyl halides is 3. The fourth-order valence-corrected chi connectivity index (χ4v) is 2.14. The third-order valence-electron chi connectivity index (χ3n) is 2.51. The summed E-state index contributed by atoms with van der Waals surface area (Å²) in [7, 11) is 1.85. The number of anilines is 1. The first-order chi connectivity index (χ1) is 8.47.